The Morgan fingerprint density at radius 3 is 2.47 bits per heavy atom. The van der Waals surface area contributed by atoms with Gasteiger partial charge >= 0.3 is 0 Å². The van der Waals surface area contributed by atoms with Crippen molar-refractivity contribution in [1.29, 1.82) is 0 Å². The van der Waals surface area contributed by atoms with Crippen LogP contribution in [-0.4, -0.2) is 19.0 Å². The highest BCUT2D eigenvalue weighted by atomic mass is 16.7. The molecule has 0 aromatic heterocycles. The smallest absolute Gasteiger partial charge is 0.158 e. The summed E-state index contributed by atoms with van der Waals surface area (Å²) in [5.41, 5.74) is 0. The highest BCUT2D eigenvalue weighted by Gasteiger charge is 2.25. The first-order chi connectivity index (χ1) is 8.22. The normalized spacial score (nSPS) is 24.7. The van der Waals surface area contributed by atoms with Crippen LogP contribution in [0.2, 0.25) is 0 Å². The van der Waals surface area contributed by atoms with Gasteiger partial charge in [-0.2, -0.15) is 0 Å². The number of hydrogen-bond acceptors (Lipinski definition) is 2. The summed E-state index contributed by atoms with van der Waals surface area (Å²) in [6.45, 7) is 7.51. The maximum absolute atomic E-state index is 5.88. The van der Waals surface area contributed by atoms with E-state index in [-0.39, 0.29) is 6.29 Å². The summed E-state index contributed by atoms with van der Waals surface area (Å²) in [5.74, 6) is 0.660. The van der Waals surface area contributed by atoms with E-state index in [9.17, 15) is 0 Å². The van der Waals surface area contributed by atoms with E-state index in [1.165, 1.54) is 44.9 Å². The average Bonchev–Trinajstić information content (AvgIpc) is 2.70. The Morgan fingerprint density at radius 1 is 1.06 bits per heavy atom. The zero-order chi connectivity index (χ0) is 12.5. The number of rotatable bonds is 9. The summed E-state index contributed by atoms with van der Waals surface area (Å²) in [6.07, 6.45) is 10.8. The fourth-order valence-electron chi connectivity index (χ4n) is 2.32. The Balaban J connectivity index is 1.95. The van der Waals surface area contributed by atoms with Gasteiger partial charge in [-0.3, -0.25) is 0 Å². The third-order valence-electron chi connectivity index (χ3n) is 3.36. The molecule has 0 aliphatic carbocycles. The Kier molecular flexibility index (Phi) is 7.87. The third kappa shape index (κ3) is 7.05. The van der Waals surface area contributed by atoms with E-state index >= 15 is 0 Å². The van der Waals surface area contributed by atoms with Gasteiger partial charge in [0, 0.05) is 6.42 Å². The van der Waals surface area contributed by atoms with Crippen molar-refractivity contribution in [1.82, 2.24) is 0 Å². The van der Waals surface area contributed by atoms with Gasteiger partial charge in [-0.1, -0.05) is 59.3 Å². The minimum atomic E-state index is 0.0695. The molecule has 1 fully saturated rings. The Labute approximate surface area is 107 Å². The van der Waals surface area contributed by atoms with Crippen molar-refractivity contribution in [3.05, 3.63) is 0 Å². The van der Waals surface area contributed by atoms with Crippen molar-refractivity contribution in [3.8, 4) is 0 Å². The van der Waals surface area contributed by atoms with E-state index in [4.69, 9.17) is 9.47 Å². The van der Waals surface area contributed by atoms with E-state index in [0.717, 1.165) is 13.0 Å². The van der Waals surface area contributed by atoms with Crippen LogP contribution in [0.1, 0.15) is 72.1 Å². The van der Waals surface area contributed by atoms with Crippen molar-refractivity contribution in [3.63, 3.8) is 0 Å². The molecule has 0 bridgehead atoms. The SMILES string of the molecule is CCCCCCCCC1COC(CC(C)C)O1. The van der Waals surface area contributed by atoms with Crippen LogP contribution in [0, 0.1) is 5.92 Å². The van der Waals surface area contributed by atoms with E-state index in [1.807, 2.05) is 0 Å². The summed E-state index contributed by atoms with van der Waals surface area (Å²) in [7, 11) is 0. The molecular weight excluding hydrogens is 212 g/mol. The molecule has 2 unspecified atom stereocenters. The Morgan fingerprint density at radius 2 is 1.76 bits per heavy atom. The second-order valence-electron chi connectivity index (χ2n) is 5.71. The minimum absolute atomic E-state index is 0.0695. The molecule has 0 radical (unpaired) electrons. The fraction of sp³-hybridized carbons (Fsp3) is 1.00. The summed E-state index contributed by atoms with van der Waals surface area (Å²) in [4.78, 5) is 0. The Hall–Kier alpha value is -0.0800. The topological polar surface area (TPSA) is 18.5 Å². The third-order valence-corrected chi connectivity index (χ3v) is 3.36. The average molecular weight is 242 g/mol. The predicted molar refractivity (Wildman–Crippen MR) is 72.1 cm³/mol. The summed E-state index contributed by atoms with van der Waals surface area (Å²) < 4.78 is 11.5. The first kappa shape index (κ1) is 15.0. The summed E-state index contributed by atoms with van der Waals surface area (Å²) in [6, 6.07) is 0. The zero-order valence-corrected chi connectivity index (χ0v) is 11.9. The molecule has 102 valence electrons. The maximum Gasteiger partial charge on any atom is 0.158 e. The van der Waals surface area contributed by atoms with Gasteiger partial charge < -0.3 is 9.47 Å². The molecular formula is C15H30O2. The largest absolute Gasteiger partial charge is 0.350 e. The van der Waals surface area contributed by atoms with Crippen molar-refractivity contribution in [2.24, 2.45) is 5.92 Å². The highest BCUT2D eigenvalue weighted by molar-refractivity contribution is 4.66. The van der Waals surface area contributed by atoms with Gasteiger partial charge in [-0.15, -0.1) is 0 Å². The maximum atomic E-state index is 5.88. The molecule has 0 amide bonds. The molecule has 0 aromatic carbocycles. The van der Waals surface area contributed by atoms with Gasteiger partial charge in [-0.05, 0) is 12.3 Å². The molecule has 1 rings (SSSR count). The zero-order valence-electron chi connectivity index (χ0n) is 11.9. The first-order valence-corrected chi connectivity index (χ1v) is 7.49. The van der Waals surface area contributed by atoms with Gasteiger partial charge in [0.1, 0.15) is 0 Å². The molecule has 1 aliphatic rings. The lowest BCUT2D eigenvalue weighted by Crippen LogP contribution is -2.14. The van der Waals surface area contributed by atoms with E-state index in [0.29, 0.717) is 12.0 Å². The monoisotopic (exact) mass is 242 g/mol. The standard InChI is InChI=1S/C15H30O2/c1-4-5-6-7-8-9-10-14-12-16-15(17-14)11-13(2)3/h13-15H,4-12H2,1-3H3. The van der Waals surface area contributed by atoms with Crippen molar-refractivity contribution < 1.29 is 9.47 Å². The summed E-state index contributed by atoms with van der Waals surface area (Å²) >= 11 is 0. The molecule has 17 heavy (non-hydrogen) atoms. The molecule has 1 aliphatic heterocycles. The van der Waals surface area contributed by atoms with Gasteiger partial charge in [0.25, 0.3) is 0 Å². The molecule has 2 atom stereocenters. The van der Waals surface area contributed by atoms with Crippen LogP contribution in [0.25, 0.3) is 0 Å². The lowest BCUT2D eigenvalue weighted by molar-refractivity contribution is -0.0699. The second kappa shape index (κ2) is 8.93. The lowest BCUT2D eigenvalue weighted by atomic mass is 10.1. The van der Waals surface area contributed by atoms with Crippen LogP contribution in [-0.2, 0) is 9.47 Å². The molecule has 0 spiro atoms. The lowest BCUT2D eigenvalue weighted by Gasteiger charge is -2.13. The predicted octanol–water partition coefficient (Wildman–Crippen LogP) is 4.52. The van der Waals surface area contributed by atoms with Gasteiger partial charge in [0.05, 0.1) is 12.7 Å². The van der Waals surface area contributed by atoms with Gasteiger partial charge in [0.2, 0.25) is 0 Å². The summed E-state index contributed by atoms with van der Waals surface area (Å²) in [5, 5.41) is 0. The van der Waals surface area contributed by atoms with Crippen LogP contribution in [0.4, 0.5) is 0 Å². The fourth-order valence-corrected chi connectivity index (χ4v) is 2.32. The number of hydrogen-bond donors (Lipinski definition) is 0. The van der Waals surface area contributed by atoms with Crippen LogP contribution in [0.3, 0.4) is 0 Å². The number of ether oxygens (including phenoxy) is 2. The molecule has 0 saturated carbocycles. The second-order valence-corrected chi connectivity index (χ2v) is 5.71. The molecule has 0 N–H and O–H groups in total. The van der Waals surface area contributed by atoms with Crippen molar-refractivity contribution >= 4 is 0 Å². The van der Waals surface area contributed by atoms with Crippen LogP contribution in [0.15, 0.2) is 0 Å². The molecule has 1 saturated heterocycles. The molecule has 0 aromatic rings. The van der Waals surface area contributed by atoms with Crippen LogP contribution < -0.4 is 0 Å². The Bertz CT molecular complexity index is 180. The van der Waals surface area contributed by atoms with Gasteiger partial charge in [-0.25, -0.2) is 0 Å². The van der Waals surface area contributed by atoms with E-state index in [1.54, 1.807) is 0 Å². The quantitative estimate of drug-likeness (QED) is 0.553. The van der Waals surface area contributed by atoms with E-state index < -0.39 is 0 Å². The van der Waals surface area contributed by atoms with E-state index in [2.05, 4.69) is 20.8 Å². The molecule has 2 nitrogen and oxygen atoms in total. The van der Waals surface area contributed by atoms with Crippen LogP contribution >= 0.6 is 0 Å². The van der Waals surface area contributed by atoms with Gasteiger partial charge in [0.15, 0.2) is 6.29 Å². The molecule has 2 heteroatoms. The van der Waals surface area contributed by atoms with Crippen molar-refractivity contribution in [2.45, 2.75) is 84.5 Å². The molecule has 1 heterocycles. The van der Waals surface area contributed by atoms with Crippen LogP contribution in [0.5, 0.6) is 0 Å². The highest BCUT2D eigenvalue weighted by Crippen LogP contribution is 2.22. The van der Waals surface area contributed by atoms with Crippen molar-refractivity contribution in [2.75, 3.05) is 6.61 Å². The minimum Gasteiger partial charge on any atom is -0.350 e. The number of unbranched alkanes of at least 4 members (excludes halogenated alkanes) is 5. The first-order valence-electron chi connectivity index (χ1n) is 7.49.